The number of esters is 1. The van der Waals surface area contributed by atoms with Crippen LogP contribution in [0, 0.1) is 6.92 Å². The largest absolute Gasteiger partial charge is 0.496 e. The van der Waals surface area contributed by atoms with Crippen molar-refractivity contribution < 1.29 is 23.7 Å². The van der Waals surface area contributed by atoms with Crippen LogP contribution in [0.4, 0.5) is 0 Å². The molecule has 2 rings (SSSR count). The van der Waals surface area contributed by atoms with E-state index in [1.165, 1.54) is 7.11 Å². The number of epoxide rings is 1. The van der Waals surface area contributed by atoms with E-state index in [1.807, 2.05) is 0 Å². The fourth-order valence-electron chi connectivity index (χ4n) is 1.51. The molecular formula is C12H14O5. The average molecular weight is 238 g/mol. The van der Waals surface area contributed by atoms with Gasteiger partial charge >= 0.3 is 5.97 Å². The van der Waals surface area contributed by atoms with Gasteiger partial charge in [-0.1, -0.05) is 0 Å². The van der Waals surface area contributed by atoms with Crippen LogP contribution >= 0.6 is 0 Å². The lowest BCUT2D eigenvalue weighted by Crippen LogP contribution is -2.16. The molecule has 0 aliphatic carbocycles. The van der Waals surface area contributed by atoms with Crippen LogP contribution in [-0.2, 0) is 9.53 Å². The molecule has 1 aliphatic heterocycles. The number of ether oxygens (including phenoxy) is 4. The third-order valence-corrected chi connectivity index (χ3v) is 2.56. The Hall–Kier alpha value is -1.75. The normalized spacial score (nSPS) is 17.5. The molecule has 1 aromatic rings. The number of hydrogen-bond acceptors (Lipinski definition) is 5. The second kappa shape index (κ2) is 4.63. The highest BCUT2D eigenvalue weighted by Crippen LogP contribution is 2.37. The van der Waals surface area contributed by atoms with Gasteiger partial charge in [0.1, 0.15) is 5.75 Å². The summed E-state index contributed by atoms with van der Waals surface area (Å²) in [5.74, 6) is 1.12. The van der Waals surface area contributed by atoms with Gasteiger partial charge in [-0.15, -0.1) is 0 Å². The zero-order valence-electron chi connectivity index (χ0n) is 9.98. The summed E-state index contributed by atoms with van der Waals surface area (Å²) in [6.45, 7) is 2.22. The molecule has 17 heavy (non-hydrogen) atoms. The highest BCUT2D eigenvalue weighted by molar-refractivity contribution is 5.80. The van der Waals surface area contributed by atoms with Crippen LogP contribution in [0.15, 0.2) is 12.1 Å². The van der Waals surface area contributed by atoms with Crippen LogP contribution in [0.25, 0.3) is 0 Å². The Morgan fingerprint density at radius 3 is 2.41 bits per heavy atom. The molecule has 1 unspecified atom stereocenters. The zero-order chi connectivity index (χ0) is 12.4. The highest BCUT2D eigenvalue weighted by atomic mass is 16.6. The maximum absolute atomic E-state index is 11.6. The first kappa shape index (κ1) is 11.7. The van der Waals surface area contributed by atoms with Crippen molar-refractivity contribution in [2.75, 3.05) is 20.8 Å². The molecular weight excluding hydrogens is 224 g/mol. The molecule has 0 N–H and O–H groups in total. The van der Waals surface area contributed by atoms with Gasteiger partial charge in [0.2, 0.25) is 0 Å². The predicted molar refractivity (Wildman–Crippen MR) is 59.7 cm³/mol. The zero-order valence-corrected chi connectivity index (χ0v) is 9.98. The molecule has 1 aromatic carbocycles. The Kier molecular flexibility index (Phi) is 3.19. The fraction of sp³-hybridized carbons (Fsp3) is 0.417. The number of hydrogen-bond donors (Lipinski definition) is 0. The Bertz CT molecular complexity index is 437. The third kappa shape index (κ3) is 2.34. The van der Waals surface area contributed by atoms with Gasteiger partial charge in [0.25, 0.3) is 0 Å². The Morgan fingerprint density at radius 2 is 1.88 bits per heavy atom. The van der Waals surface area contributed by atoms with E-state index in [9.17, 15) is 4.79 Å². The van der Waals surface area contributed by atoms with E-state index in [4.69, 9.17) is 18.9 Å². The molecule has 5 nitrogen and oxygen atoms in total. The van der Waals surface area contributed by atoms with Gasteiger partial charge < -0.3 is 18.9 Å². The first-order valence-corrected chi connectivity index (χ1v) is 5.22. The van der Waals surface area contributed by atoms with Crippen molar-refractivity contribution in [2.24, 2.45) is 0 Å². The van der Waals surface area contributed by atoms with Crippen molar-refractivity contribution in [3.8, 4) is 17.2 Å². The van der Waals surface area contributed by atoms with Gasteiger partial charge in [-0.3, -0.25) is 0 Å². The van der Waals surface area contributed by atoms with Crippen molar-refractivity contribution in [1.29, 1.82) is 0 Å². The quantitative estimate of drug-likeness (QED) is 0.450. The minimum atomic E-state index is -0.440. The van der Waals surface area contributed by atoms with Crippen LogP contribution in [0.1, 0.15) is 5.56 Å². The van der Waals surface area contributed by atoms with Crippen molar-refractivity contribution in [3.63, 3.8) is 0 Å². The lowest BCUT2D eigenvalue weighted by Gasteiger charge is -2.13. The van der Waals surface area contributed by atoms with Gasteiger partial charge in [0.05, 0.1) is 20.8 Å². The highest BCUT2D eigenvalue weighted by Gasteiger charge is 2.34. The van der Waals surface area contributed by atoms with Gasteiger partial charge in [-0.05, 0) is 19.1 Å². The second-order valence-corrected chi connectivity index (χ2v) is 3.67. The lowest BCUT2D eigenvalue weighted by molar-refractivity contribution is -0.135. The molecule has 1 saturated heterocycles. The monoisotopic (exact) mass is 238 g/mol. The average Bonchev–Trinajstić information content (AvgIpc) is 3.15. The molecule has 1 aliphatic rings. The van der Waals surface area contributed by atoms with Gasteiger partial charge in [-0.25, -0.2) is 4.79 Å². The molecule has 0 bridgehead atoms. The number of methoxy groups -OCH3 is 2. The van der Waals surface area contributed by atoms with E-state index in [0.717, 1.165) is 5.56 Å². The molecule has 0 saturated carbocycles. The van der Waals surface area contributed by atoms with Gasteiger partial charge in [-0.2, -0.15) is 0 Å². The van der Waals surface area contributed by atoms with E-state index in [-0.39, 0.29) is 0 Å². The van der Waals surface area contributed by atoms with E-state index < -0.39 is 12.1 Å². The number of rotatable bonds is 4. The predicted octanol–water partition coefficient (Wildman–Crippen LogP) is 1.32. The van der Waals surface area contributed by atoms with Crippen LogP contribution < -0.4 is 14.2 Å². The molecule has 0 amide bonds. The maximum atomic E-state index is 11.6. The summed E-state index contributed by atoms with van der Waals surface area (Å²) >= 11 is 0. The van der Waals surface area contributed by atoms with E-state index in [2.05, 4.69) is 0 Å². The van der Waals surface area contributed by atoms with E-state index >= 15 is 0 Å². The van der Waals surface area contributed by atoms with Crippen molar-refractivity contribution >= 4 is 5.97 Å². The first-order valence-electron chi connectivity index (χ1n) is 5.22. The third-order valence-electron chi connectivity index (χ3n) is 2.56. The summed E-state index contributed by atoms with van der Waals surface area (Å²) in [5, 5.41) is 0. The summed E-state index contributed by atoms with van der Waals surface area (Å²) < 4.78 is 20.4. The molecule has 1 atom stereocenters. The molecule has 0 radical (unpaired) electrons. The number of carbonyl (C=O) groups is 1. The maximum Gasteiger partial charge on any atom is 0.343 e. The standard InChI is InChI=1S/C12H14O5/c1-7-8(14-2)4-5-9(15-3)11(7)17-12(13)10-6-16-10/h4-5,10H,6H2,1-3H3. The smallest absolute Gasteiger partial charge is 0.343 e. The minimum absolute atomic E-state index is 0.382. The Morgan fingerprint density at radius 1 is 1.29 bits per heavy atom. The first-order chi connectivity index (χ1) is 8.17. The van der Waals surface area contributed by atoms with Gasteiger partial charge in [0.15, 0.2) is 17.6 Å². The van der Waals surface area contributed by atoms with Crippen molar-refractivity contribution in [1.82, 2.24) is 0 Å². The minimum Gasteiger partial charge on any atom is -0.496 e. The molecule has 92 valence electrons. The SMILES string of the molecule is COc1ccc(OC)c(OC(=O)C2CO2)c1C. The number of benzene rings is 1. The summed E-state index contributed by atoms with van der Waals surface area (Å²) in [7, 11) is 3.08. The topological polar surface area (TPSA) is 57.3 Å². The molecule has 5 heteroatoms. The van der Waals surface area contributed by atoms with E-state index in [0.29, 0.717) is 23.9 Å². The summed E-state index contributed by atoms with van der Waals surface area (Å²) in [6.07, 6.45) is -0.440. The van der Waals surface area contributed by atoms with Gasteiger partial charge in [0, 0.05) is 5.56 Å². The van der Waals surface area contributed by atoms with Crippen LogP contribution in [0.5, 0.6) is 17.2 Å². The molecule has 1 fully saturated rings. The molecule has 1 heterocycles. The Balaban J connectivity index is 2.30. The van der Waals surface area contributed by atoms with Crippen LogP contribution in [0.2, 0.25) is 0 Å². The van der Waals surface area contributed by atoms with Crippen molar-refractivity contribution in [2.45, 2.75) is 13.0 Å². The summed E-state index contributed by atoms with van der Waals surface area (Å²) in [5.41, 5.74) is 0.723. The Labute approximate surface area is 99.2 Å². The van der Waals surface area contributed by atoms with Crippen molar-refractivity contribution in [3.05, 3.63) is 17.7 Å². The number of carbonyl (C=O) groups excluding carboxylic acids is 1. The molecule has 0 aromatic heterocycles. The molecule has 0 spiro atoms. The summed E-state index contributed by atoms with van der Waals surface area (Å²) in [4.78, 5) is 11.6. The second-order valence-electron chi connectivity index (χ2n) is 3.67. The van der Waals surface area contributed by atoms with E-state index in [1.54, 1.807) is 26.2 Å². The lowest BCUT2D eigenvalue weighted by atomic mass is 10.2. The summed E-state index contributed by atoms with van der Waals surface area (Å²) in [6, 6.07) is 3.46. The fourth-order valence-corrected chi connectivity index (χ4v) is 1.51. The van der Waals surface area contributed by atoms with Crippen LogP contribution in [0.3, 0.4) is 0 Å². The van der Waals surface area contributed by atoms with Crippen LogP contribution in [-0.4, -0.2) is 32.9 Å².